The summed E-state index contributed by atoms with van der Waals surface area (Å²) < 4.78 is 10.6. The number of carbonyl (C=O) groups is 1. The van der Waals surface area contributed by atoms with Crippen molar-refractivity contribution in [1.82, 2.24) is 5.32 Å². The summed E-state index contributed by atoms with van der Waals surface area (Å²) in [5.74, 6) is -0.377. The van der Waals surface area contributed by atoms with Crippen molar-refractivity contribution in [1.29, 1.82) is 0 Å². The fraction of sp³-hybridized carbons (Fsp3) is 0.818. The highest BCUT2D eigenvalue weighted by Crippen LogP contribution is 2.21. The van der Waals surface area contributed by atoms with Gasteiger partial charge in [0.15, 0.2) is 5.84 Å². The average Bonchev–Trinajstić information content (AvgIpc) is 2.43. The number of hydrogen-bond donors (Lipinski definition) is 3. The molecule has 1 heterocycles. The van der Waals surface area contributed by atoms with E-state index in [-0.39, 0.29) is 17.8 Å². The number of nitrogens with two attached hydrogens (primary N) is 1. The minimum absolute atomic E-state index is 0.0942. The molecule has 0 spiro atoms. The number of amides is 1. The van der Waals surface area contributed by atoms with E-state index in [1.54, 1.807) is 13.8 Å². The summed E-state index contributed by atoms with van der Waals surface area (Å²) in [4.78, 5) is 12.1. The molecule has 0 aromatic heterocycles. The third-order valence-corrected chi connectivity index (χ3v) is 3.26. The second-order valence-corrected chi connectivity index (χ2v) is 4.45. The molecule has 0 radical (unpaired) electrons. The molecule has 104 valence electrons. The van der Waals surface area contributed by atoms with Crippen LogP contribution in [0.25, 0.3) is 0 Å². The maximum atomic E-state index is 12.1. The van der Waals surface area contributed by atoms with Crippen molar-refractivity contribution >= 4 is 11.7 Å². The van der Waals surface area contributed by atoms with E-state index in [9.17, 15) is 4.79 Å². The third kappa shape index (κ3) is 3.33. The van der Waals surface area contributed by atoms with E-state index in [0.717, 1.165) is 0 Å². The van der Waals surface area contributed by atoms with Crippen LogP contribution in [0.5, 0.6) is 0 Å². The Morgan fingerprint density at radius 3 is 2.83 bits per heavy atom. The van der Waals surface area contributed by atoms with Gasteiger partial charge in [0.05, 0.1) is 25.9 Å². The number of ether oxygens (including phenoxy) is 2. The zero-order valence-electron chi connectivity index (χ0n) is 10.8. The number of amidine groups is 1. The first-order valence-corrected chi connectivity index (χ1v) is 6.00. The van der Waals surface area contributed by atoms with E-state index in [2.05, 4.69) is 10.5 Å². The van der Waals surface area contributed by atoms with E-state index < -0.39 is 5.41 Å². The van der Waals surface area contributed by atoms with E-state index in [0.29, 0.717) is 32.8 Å². The topological polar surface area (TPSA) is 106 Å². The molecule has 1 aliphatic heterocycles. The number of nitrogens with zero attached hydrogens (tertiary/aromatic N) is 1. The van der Waals surface area contributed by atoms with Gasteiger partial charge < -0.3 is 25.7 Å². The first kappa shape index (κ1) is 14.7. The third-order valence-electron chi connectivity index (χ3n) is 3.26. The van der Waals surface area contributed by atoms with Crippen LogP contribution < -0.4 is 11.1 Å². The molecule has 0 aliphatic carbocycles. The van der Waals surface area contributed by atoms with Crippen molar-refractivity contribution in [3.63, 3.8) is 0 Å². The monoisotopic (exact) mass is 259 g/mol. The van der Waals surface area contributed by atoms with E-state index in [1.165, 1.54) is 0 Å². The molecule has 1 fully saturated rings. The van der Waals surface area contributed by atoms with Crippen LogP contribution in [0.1, 0.15) is 20.3 Å². The Bertz CT molecular complexity index is 315. The Labute approximate surface area is 106 Å². The molecule has 0 aromatic rings. The smallest absolute Gasteiger partial charge is 0.233 e. The minimum Gasteiger partial charge on any atom is -0.409 e. The van der Waals surface area contributed by atoms with Crippen LogP contribution in [0.15, 0.2) is 5.16 Å². The van der Waals surface area contributed by atoms with Crippen molar-refractivity contribution in [2.45, 2.75) is 26.4 Å². The summed E-state index contributed by atoms with van der Waals surface area (Å²) in [5, 5.41) is 14.4. The van der Waals surface area contributed by atoms with Crippen LogP contribution in [0.2, 0.25) is 0 Å². The molecule has 1 aliphatic rings. The van der Waals surface area contributed by atoms with Gasteiger partial charge in [-0.1, -0.05) is 12.1 Å². The summed E-state index contributed by atoms with van der Waals surface area (Å²) in [6, 6.07) is 0. The number of nitrogens with one attached hydrogen (secondary N) is 1. The van der Waals surface area contributed by atoms with Crippen molar-refractivity contribution in [3.05, 3.63) is 0 Å². The molecular weight excluding hydrogens is 238 g/mol. The first-order valence-electron chi connectivity index (χ1n) is 6.00. The van der Waals surface area contributed by atoms with Crippen LogP contribution in [0.3, 0.4) is 0 Å². The van der Waals surface area contributed by atoms with Gasteiger partial charge >= 0.3 is 0 Å². The first-order chi connectivity index (χ1) is 8.54. The summed E-state index contributed by atoms with van der Waals surface area (Å²) in [7, 11) is 0. The molecular formula is C11H21N3O4. The lowest BCUT2D eigenvalue weighted by molar-refractivity contribution is -0.129. The van der Waals surface area contributed by atoms with E-state index >= 15 is 0 Å². The molecule has 4 N–H and O–H groups in total. The van der Waals surface area contributed by atoms with Gasteiger partial charge in [-0.15, -0.1) is 0 Å². The van der Waals surface area contributed by atoms with Crippen molar-refractivity contribution < 1.29 is 19.5 Å². The highest BCUT2D eigenvalue weighted by atomic mass is 16.6. The second-order valence-electron chi connectivity index (χ2n) is 4.45. The highest BCUT2D eigenvalue weighted by Gasteiger charge is 2.36. The number of hydrogen-bond acceptors (Lipinski definition) is 5. The molecule has 7 nitrogen and oxygen atoms in total. The molecule has 1 rings (SSSR count). The fourth-order valence-electron chi connectivity index (χ4n) is 1.62. The standard InChI is InChI=1S/C11H21N3O4/c1-3-11(2,9(12)14-16)10(15)13-6-8-7-17-4-5-18-8/h8,16H,3-7H2,1-2H3,(H2,12,14)(H,13,15). The normalized spacial score (nSPS) is 24.3. The lowest BCUT2D eigenvalue weighted by Gasteiger charge is -2.28. The molecule has 1 amide bonds. The van der Waals surface area contributed by atoms with Gasteiger partial charge in [-0.3, -0.25) is 4.79 Å². The number of rotatable bonds is 5. The zero-order valence-corrected chi connectivity index (χ0v) is 10.8. The Hall–Kier alpha value is -1.34. The van der Waals surface area contributed by atoms with Crippen LogP contribution >= 0.6 is 0 Å². The minimum atomic E-state index is -1.01. The Morgan fingerprint density at radius 1 is 1.61 bits per heavy atom. The lowest BCUT2D eigenvalue weighted by atomic mass is 9.85. The molecule has 7 heteroatoms. The highest BCUT2D eigenvalue weighted by molar-refractivity contribution is 6.06. The Morgan fingerprint density at radius 2 is 2.33 bits per heavy atom. The molecule has 0 bridgehead atoms. The maximum absolute atomic E-state index is 12.1. The van der Waals surface area contributed by atoms with Gasteiger partial charge in [-0.25, -0.2) is 0 Å². The average molecular weight is 259 g/mol. The van der Waals surface area contributed by atoms with Gasteiger partial charge in [0.25, 0.3) is 0 Å². The quantitative estimate of drug-likeness (QED) is 0.271. The second kappa shape index (κ2) is 6.55. The van der Waals surface area contributed by atoms with Gasteiger partial charge in [-0.2, -0.15) is 0 Å². The van der Waals surface area contributed by atoms with E-state index in [4.69, 9.17) is 20.4 Å². The molecule has 2 atom stereocenters. The van der Waals surface area contributed by atoms with Crippen molar-refractivity contribution in [2.24, 2.45) is 16.3 Å². The van der Waals surface area contributed by atoms with Gasteiger partial charge in [0, 0.05) is 6.54 Å². The van der Waals surface area contributed by atoms with Gasteiger partial charge in [0.2, 0.25) is 5.91 Å². The summed E-state index contributed by atoms with van der Waals surface area (Å²) in [6.45, 7) is 5.38. The summed E-state index contributed by atoms with van der Waals surface area (Å²) in [6.07, 6.45) is 0.299. The Kier molecular flexibility index (Phi) is 5.36. The largest absolute Gasteiger partial charge is 0.409 e. The predicted molar refractivity (Wildman–Crippen MR) is 65.4 cm³/mol. The summed E-state index contributed by atoms with van der Waals surface area (Å²) in [5.41, 5.74) is 4.55. The van der Waals surface area contributed by atoms with E-state index in [1.807, 2.05) is 0 Å². The van der Waals surface area contributed by atoms with Crippen molar-refractivity contribution in [2.75, 3.05) is 26.4 Å². The summed E-state index contributed by atoms with van der Waals surface area (Å²) >= 11 is 0. The SMILES string of the molecule is CCC(C)(C(=O)NCC1COCCO1)C(N)=NO. The van der Waals surface area contributed by atoms with Gasteiger partial charge in [-0.05, 0) is 13.3 Å². The fourth-order valence-corrected chi connectivity index (χ4v) is 1.62. The molecule has 2 unspecified atom stereocenters. The zero-order chi connectivity index (χ0) is 13.6. The molecule has 18 heavy (non-hydrogen) atoms. The molecule has 0 aromatic carbocycles. The van der Waals surface area contributed by atoms with Crippen LogP contribution in [0, 0.1) is 5.41 Å². The molecule has 0 saturated carbocycles. The Balaban J connectivity index is 2.52. The maximum Gasteiger partial charge on any atom is 0.233 e. The molecule has 1 saturated heterocycles. The van der Waals surface area contributed by atoms with Crippen LogP contribution in [0.4, 0.5) is 0 Å². The van der Waals surface area contributed by atoms with Gasteiger partial charge in [0.1, 0.15) is 5.41 Å². The predicted octanol–water partition coefficient (Wildman–Crippen LogP) is -0.319. The van der Waals surface area contributed by atoms with Crippen LogP contribution in [-0.4, -0.2) is 49.4 Å². The van der Waals surface area contributed by atoms with Crippen molar-refractivity contribution in [3.8, 4) is 0 Å². The number of oxime groups is 1. The van der Waals surface area contributed by atoms with Crippen LogP contribution in [-0.2, 0) is 14.3 Å². The lowest BCUT2D eigenvalue weighted by Crippen LogP contribution is -2.50. The number of carbonyl (C=O) groups excluding carboxylic acids is 1.